The molecule has 1 fully saturated rings. The van der Waals surface area contributed by atoms with Gasteiger partial charge in [0, 0.05) is 6.54 Å². The third kappa shape index (κ3) is 3.81. The quantitative estimate of drug-likeness (QED) is 0.604. The van der Waals surface area contributed by atoms with Gasteiger partial charge in [-0.3, -0.25) is 4.79 Å². The van der Waals surface area contributed by atoms with Crippen molar-refractivity contribution in [3.63, 3.8) is 0 Å². The first kappa shape index (κ1) is 15.2. The lowest BCUT2D eigenvalue weighted by atomic mass is 10.0. The molecule has 0 bridgehead atoms. The maximum atomic E-state index is 12.5. The van der Waals surface area contributed by atoms with Gasteiger partial charge in [0.25, 0.3) is 5.91 Å². The van der Waals surface area contributed by atoms with Crippen LogP contribution in [0.1, 0.15) is 38.5 Å². The fourth-order valence-corrected chi connectivity index (χ4v) is 2.13. The largest absolute Gasteiger partial charge is 0.463 e. The number of hydrogen-bond donors (Lipinski definition) is 1. The predicted octanol–water partition coefficient (Wildman–Crippen LogP) is 3.27. The zero-order valence-electron chi connectivity index (χ0n) is 9.83. The molecule has 1 aliphatic rings. The molecule has 1 saturated carbocycles. The molecular formula is C11H16F5NO. The molecule has 2 nitrogen and oxygen atoms in total. The summed E-state index contributed by atoms with van der Waals surface area (Å²) in [6.45, 7) is -0.138. The van der Waals surface area contributed by atoms with Crippen LogP contribution in [0.3, 0.4) is 0 Å². The van der Waals surface area contributed by atoms with E-state index in [1.54, 1.807) is 5.32 Å². The molecule has 1 aliphatic carbocycles. The molecule has 0 heterocycles. The van der Waals surface area contributed by atoms with Crippen molar-refractivity contribution >= 4 is 5.91 Å². The maximum absolute atomic E-state index is 12.5. The van der Waals surface area contributed by atoms with E-state index in [-0.39, 0.29) is 6.54 Å². The van der Waals surface area contributed by atoms with E-state index < -0.39 is 18.0 Å². The Labute approximate surface area is 102 Å². The van der Waals surface area contributed by atoms with E-state index in [2.05, 4.69) is 0 Å². The van der Waals surface area contributed by atoms with Crippen molar-refractivity contribution in [1.82, 2.24) is 5.32 Å². The summed E-state index contributed by atoms with van der Waals surface area (Å²) < 4.78 is 60.5. The molecule has 7 heteroatoms. The van der Waals surface area contributed by atoms with Gasteiger partial charge in [0.15, 0.2) is 0 Å². The Kier molecular flexibility index (Phi) is 4.92. The molecule has 0 aromatic carbocycles. The predicted molar refractivity (Wildman–Crippen MR) is 55.2 cm³/mol. The highest BCUT2D eigenvalue weighted by atomic mass is 19.4. The number of nitrogens with one attached hydrogen (secondary N) is 1. The minimum Gasteiger partial charge on any atom is -0.351 e. The van der Waals surface area contributed by atoms with Crippen LogP contribution in [0.4, 0.5) is 22.0 Å². The molecule has 1 amide bonds. The summed E-state index contributed by atoms with van der Waals surface area (Å²) in [4.78, 5) is 10.7. The van der Waals surface area contributed by atoms with E-state index >= 15 is 0 Å². The summed E-state index contributed by atoms with van der Waals surface area (Å²) in [7, 11) is 0. The second-order valence-corrected chi connectivity index (χ2v) is 4.62. The molecule has 0 unspecified atom stereocenters. The molecule has 1 N–H and O–H groups in total. The molecule has 0 aliphatic heterocycles. The zero-order valence-corrected chi connectivity index (χ0v) is 9.83. The van der Waals surface area contributed by atoms with Crippen LogP contribution >= 0.6 is 0 Å². The Morgan fingerprint density at radius 1 is 1.11 bits per heavy atom. The van der Waals surface area contributed by atoms with Gasteiger partial charge >= 0.3 is 12.1 Å². The average Bonchev–Trinajstić information content (AvgIpc) is 2.75. The molecule has 0 saturated heterocycles. The number of halogens is 5. The van der Waals surface area contributed by atoms with Crippen LogP contribution in [0, 0.1) is 5.92 Å². The zero-order chi connectivity index (χ0) is 13.8. The number of rotatable bonds is 5. The van der Waals surface area contributed by atoms with Gasteiger partial charge in [-0.1, -0.05) is 25.7 Å². The summed E-state index contributed by atoms with van der Waals surface area (Å²) in [5.74, 6) is -7.05. The first-order valence-corrected chi connectivity index (χ1v) is 5.98. The van der Waals surface area contributed by atoms with E-state index in [4.69, 9.17) is 0 Å². The standard InChI is InChI=1S/C11H16F5NO/c12-10(13,11(14,15)16)9(18)17-7-3-6-8-4-1-2-5-8/h8H,1-7H2,(H,17,18). The average molecular weight is 273 g/mol. The third-order valence-electron chi connectivity index (χ3n) is 3.19. The molecule has 18 heavy (non-hydrogen) atoms. The summed E-state index contributed by atoms with van der Waals surface area (Å²) in [6, 6.07) is 0. The van der Waals surface area contributed by atoms with Crippen LogP contribution in [0.2, 0.25) is 0 Å². The van der Waals surface area contributed by atoms with Crippen LogP contribution in [-0.2, 0) is 4.79 Å². The van der Waals surface area contributed by atoms with E-state index in [0.717, 1.165) is 32.1 Å². The second kappa shape index (κ2) is 5.84. The van der Waals surface area contributed by atoms with Crippen molar-refractivity contribution in [3.05, 3.63) is 0 Å². The molecular weight excluding hydrogens is 257 g/mol. The summed E-state index contributed by atoms with van der Waals surface area (Å²) >= 11 is 0. The number of alkyl halides is 5. The number of amides is 1. The maximum Gasteiger partial charge on any atom is 0.463 e. The van der Waals surface area contributed by atoms with Crippen molar-refractivity contribution in [2.75, 3.05) is 6.54 Å². The normalized spacial score (nSPS) is 18.1. The number of carbonyl (C=O) groups is 1. The highest BCUT2D eigenvalue weighted by Crippen LogP contribution is 2.35. The minimum atomic E-state index is -5.83. The smallest absolute Gasteiger partial charge is 0.351 e. The van der Waals surface area contributed by atoms with Crippen molar-refractivity contribution < 1.29 is 26.7 Å². The van der Waals surface area contributed by atoms with E-state index in [9.17, 15) is 26.7 Å². The lowest BCUT2D eigenvalue weighted by Gasteiger charge is -2.18. The summed E-state index contributed by atoms with van der Waals surface area (Å²) in [6.07, 6.45) is -0.198. The van der Waals surface area contributed by atoms with Crippen LogP contribution < -0.4 is 5.32 Å². The molecule has 106 valence electrons. The van der Waals surface area contributed by atoms with E-state index in [0.29, 0.717) is 12.3 Å². The second-order valence-electron chi connectivity index (χ2n) is 4.62. The molecule has 0 aromatic heterocycles. The van der Waals surface area contributed by atoms with Crippen LogP contribution in [0.25, 0.3) is 0 Å². The number of carbonyl (C=O) groups excluding carboxylic acids is 1. The first-order valence-electron chi connectivity index (χ1n) is 5.98. The van der Waals surface area contributed by atoms with Gasteiger partial charge in [0.2, 0.25) is 0 Å². The minimum absolute atomic E-state index is 0.138. The van der Waals surface area contributed by atoms with E-state index in [1.165, 1.54) is 0 Å². The highest BCUT2D eigenvalue weighted by molar-refractivity contribution is 5.84. The van der Waals surface area contributed by atoms with Crippen LogP contribution in [0.15, 0.2) is 0 Å². The molecule has 0 atom stereocenters. The first-order chi connectivity index (χ1) is 8.25. The van der Waals surface area contributed by atoms with Gasteiger partial charge in [-0.15, -0.1) is 0 Å². The fourth-order valence-electron chi connectivity index (χ4n) is 2.13. The van der Waals surface area contributed by atoms with Gasteiger partial charge in [0.1, 0.15) is 0 Å². The summed E-state index contributed by atoms with van der Waals surface area (Å²) in [5.41, 5.74) is 0. The van der Waals surface area contributed by atoms with Gasteiger partial charge in [-0.2, -0.15) is 22.0 Å². The van der Waals surface area contributed by atoms with Gasteiger partial charge < -0.3 is 5.32 Å². The van der Waals surface area contributed by atoms with Crippen molar-refractivity contribution in [1.29, 1.82) is 0 Å². The number of hydrogen-bond acceptors (Lipinski definition) is 1. The highest BCUT2D eigenvalue weighted by Gasteiger charge is 2.63. The van der Waals surface area contributed by atoms with E-state index in [1.807, 2.05) is 0 Å². The van der Waals surface area contributed by atoms with Crippen molar-refractivity contribution in [3.8, 4) is 0 Å². The fraction of sp³-hybridized carbons (Fsp3) is 0.909. The van der Waals surface area contributed by atoms with Crippen LogP contribution in [0.5, 0.6) is 0 Å². The van der Waals surface area contributed by atoms with Crippen LogP contribution in [-0.4, -0.2) is 24.6 Å². The Morgan fingerprint density at radius 3 is 2.17 bits per heavy atom. The van der Waals surface area contributed by atoms with Gasteiger partial charge in [-0.05, 0) is 18.8 Å². The van der Waals surface area contributed by atoms with Crippen molar-refractivity contribution in [2.24, 2.45) is 5.92 Å². The Balaban J connectivity index is 2.24. The van der Waals surface area contributed by atoms with Gasteiger partial charge in [-0.25, -0.2) is 0 Å². The molecule has 0 spiro atoms. The Bertz CT molecular complexity index is 284. The van der Waals surface area contributed by atoms with Crippen molar-refractivity contribution in [2.45, 2.75) is 50.6 Å². The SMILES string of the molecule is O=C(NCCCC1CCCC1)C(F)(F)C(F)(F)F. The Hall–Kier alpha value is -0.880. The lowest BCUT2D eigenvalue weighted by Crippen LogP contribution is -2.50. The Morgan fingerprint density at radius 2 is 1.67 bits per heavy atom. The van der Waals surface area contributed by atoms with Gasteiger partial charge in [0.05, 0.1) is 0 Å². The molecule has 0 aromatic rings. The molecule has 1 rings (SSSR count). The monoisotopic (exact) mass is 273 g/mol. The summed E-state index contributed by atoms with van der Waals surface area (Å²) in [5, 5.41) is 1.64. The third-order valence-corrected chi connectivity index (χ3v) is 3.19. The topological polar surface area (TPSA) is 29.1 Å². The molecule has 0 radical (unpaired) electrons. The lowest BCUT2D eigenvalue weighted by molar-refractivity contribution is -0.269.